The summed E-state index contributed by atoms with van der Waals surface area (Å²) in [5.41, 5.74) is 1.93. The zero-order valence-corrected chi connectivity index (χ0v) is 10.9. The molecule has 0 unspecified atom stereocenters. The molecule has 0 fully saturated rings. The summed E-state index contributed by atoms with van der Waals surface area (Å²) in [4.78, 5) is 8.73. The van der Waals surface area contributed by atoms with E-state index in [4.69, 9.17) is 4.74 Å². The van der Waals surface area contributed by atoms with Gasteiger partial charge < -0.3 is 10.1 Å². The number of benzene rings is 1. The molecule has 0 aliphatic rings. The summed E-state index contributed by atoms with van der Waals surface area (Å²) < 4.78 is 5.50. The Morgan fingerprint density at radius 1 is 1.22 bits per heavy atom. The van der Waals surface area contributed by atoms with E-state index in [2.05, 4.69) is 15.3 Å². The van der Waals surface area contributed by atoms with Crippen LogP contribution in [0, 0.1) is 6.92 Å². The number of aromatic nitrogens is 2. The standard InChI is InChI=1S/C14H17N3O/c1-4-18-12-7-5-6-11(8-12)13-9-14(15-3)17-10(2)16-13/h5-9H,4H2,1-3H3,(H,15,16,17). The quantitative estimate of drug-likeness (QED) is 0.897. The van der Waals surface area contributed by atoms with E-state index in [-0.39, 0.29) is 0 Å². The van der Waals surface area contributed by atoms with Crippen LogP contribution in [0.3, 0.4) is 0 Å². The van der Waals surface area contributed by atoms with Crippen LogP contribution >= 0.6 is 0 Å². The Morgan fingerprint density at radius 3 is 2.78 bits per heavy atom. The molecule has 1 aromatic heterocycles. The topological polar surface area (TPSA) is 47.0 Å². The third-order valence-corrected chi connectivity index (χ3v) is 2.53. The second-order valence-electron chi connectivity index (χ2n) is 3.90. The summed E-state index contributed by atoms with van der Waals surface area (Å²) in [7, 11) is 1.85. The molecule has 0 aliphatic heterocycles. The van der Waals surface area contributed by atoms with Gasteiger partial charge in [0.05, 0.1) is 12.3 Å². The minimum atomic E-state index is 0.661. The first-order chi connectivity index (χ1) is 8.72. The molecule has 0 spiro atoms. The van der Waals surface area contributed by atoms with Crippen molar-refractivity contribution in [1.29, 1.82) is 0 Å². The van der Waals surface area contributed by atoms with Gasteiger partial charge in [0.25, 0.3) is 0 Å². The van der Waals surface area contributed by atoms with E-state index in [9.17, 15) is 0 Å². The van der Waals surface area contributed by atoms with Crippen LogP contribution in [-0.4, -0.2) is 23.6 Å². The van der Waals surface area contributed by atoms with E-state index in [0.717, 1.165) is 28.6 Å². The highest BCUT2D eigenvalue weighted by Gasteiger charge is 2.04. The van der Waals surface area contributed by atoms with E-state index in [1.807, 2.05) is 51.2 Å². The molecule has 0 atom stereocenters. The lowest BCUT2D eigenvalue weighted by Gasteiger charge is -2.08. The lowest BCUT2D eigenvalue weighted by atomic mass is 10.1. The molecule has 0 amide bonds. The highest BCUT2D eigenvalue weighted by molar-refractivity contribution is 5.64. The van der Waals surface area contributed by atoms with Gasteiger partial charge in [0, 0.05) is 18.7 Å². The van der Waals surface area contributed by atoms with Gasteiger partial charge in [0.1, 0.15) is 17.4 Å². The Labute approximate surface area is 107 Å². The first-order valence-corrected chi connectivity index (χ1v) is 5.99. The SMILES string of the molecule is CCOc1cccc(-c2cc(NC)nc(C)n2)c1. The first kappa shape index (κ1) is 12.4. The van der Waals surface area contributed by atoms with Crippen molar-refractivity contribution in [1.82, 2.24) is 9.97 Å². The second-order valence-corrected chi connectivity index (χ2v) is 3.90. The molecule has 0 saturated carbocycles. The first-order valence-electron chi connectivity index (χ1n) is 5.99. The molecule has 2 aromatic rings. The lowest BCUT2D eigenvalue weighted by molar-refractivity contribution is 0.340. The van der Waals surface area contributed by atoms with Crippen molar-refractivity contribution in [3.8, 4) is 17.0 Å². The van der Waals surface area contributed by atoms with Crippen LogP contribution in [0.25, 0.3) is 11.3 Å². The summed E-state index contributed by atoms with van der Waals surface area (Å²) >= 11 is 0. The van der Waals surface area contributed by atoms with E-state index in [0.29, 0.717) is 6.61 Å². The summed E-state index contributed by atoms with van der Waals surface area (Å²) in [6.45, 7) is 4.52. The molecular weight excluding hydrogens is 226 g/mol. The predicted molar refractivity (Wildman–Crippen MR) is 72.9 cm³/mol. The van der Waals surface area contributed by atoms with Crippen LogP contribution < -0.4 is 10.1 Å². The number of rotatable bonds is 4. The van der Waals surface area contributed by atoms with Crippen LogP contribution in [0.1, 0.15) is 12.7 Å². The van der Waals surface area contributed by atoms with Gasteiger partial charge in [-0.15, -0.1) is 0 Å². The van der Waals surface area contributed by atoms with Gasteiger partial charge in [-0.3, -0.25) is 0 Å². The number of nitrogens with one attached hydrogen (secondary N) is 1. The fourth-order valence-corrected chi connectivity index (χ4v) is 1.76. The number of nitrogens with zero attached hydrogens (tertiary/aromatic N) is 2. The maximum atomic E-state index is 5.50. The number of ether oxygens (including phenoxy) is 1. The number of anilines is 1. The second kappa shape index (κ2) is 5.49. The van der Waals surface area contributed by atoms with Crippen LogP contribution in [0.4, 0.5) is 5.82 Å². The normalized spacial score (nSPS) is 10.2. The van der Waals surface area contributed by atoms with Gasteiger partial charge in [-0.1, -0.05) is 12.1 Å². The molecule has 94 valence electrons. The Morgan fingerprint density at radius 2 is 2.06 bits per heavy atom. The Hall–Kier alpha value is -2.10. The average Bonchev–Trinajstić information content (AvgIpc) is 2.39. The van der Waals surface area contributed by atoms with E-state index < -0.39 is 0 Å². The van der Waals surface area contributed by atoms with E-state index >= 15 is 0 Å². The molecule has 0 aliphatic carbocycles. The van der Waals surface area contributed by atoms with Gasteiger partial charge >= 0.3 is 0 Å². The van der Waals surface area contributed by atoms with Crippen LogP contribution in [0.5, 0.6) is 5.75 Å². The molecule has 1 heterocycles. The summed E-state index contributed by atoms with van der Waals surface area (Å²) in [6.07, 6.45) is 0. The third-order valence-electron chi connectivity index (χ3n) is 2.53. The molecule has 4 heteroatoms. The predicted octanol–water partition coefficient (Wildman–Crippen LogP) is 2.89. The van der Waals surface area contributed by atoms with Crippen molar-refractivity contribution in [2.24, 2.45) is 0 Å². The van der Waals surface area contributed by atoms with Crippen LogP contribution in [0.2, 0.25) is 0 Å². The van der Waals surface area contributed by atoms with E-state index in [1.165, 1.54) is 0 Å². The minimum Gasteiger partial charge on any atom is -0.494 e. The lowest BCUT2D eigenvalue weighted by Crippen LogP contribution is -1.98. The Bertz CT molecular complexity index is 540. The molecule has 2 rings (SSSR count). The largest absolute Gasteiger partial charge is 0.494 e. The molecule has 18 heavy (non-hydrogen) atoms. The molecular formula is C14H17N3O. The van der Waals surface area contributed by atoms with Crippen LogP contribution in [0.15, 0.2) is 30.3 Å². The fraction of sp³-hybridized carbons (Fsp3) is 0.286. The highest BCUT2D eigenvalue weighted by atomic mass is 16.5. The van der Waals surface area contributed by atoms with Gasteiger partial charge in [-0.2, -0.15) is 0 Å². The van der Waals surface area contributed by atoms with Crippen molar-refractivity contribution in [2.75, 3.05) is 19.0 Å². The van der Waals surface area contributed by atoms with Gasteiger partial charge in [-0.25, -0.2) is 9.97 Å². The molecule has 0 saturated heterocycles. The minimum absolute atomic E-state index is 0.661. The zero-order chi connectivity index (χ0) is 13.0. The zero-order valence-electron chi connectivity index (χ0n) is 10.9. The summed E-state index contributed by atoms with van der Waals surface area (Å²) in [5.74, 6) is 2.43. The van der Waals surface area contributed by atoms with Gasteiger partial charge in [-0.05, 0) is 26.0 Å². The number of hydrogen-bond donors (Lipinski definition) is 1. The van der Waals surface area contributed by atoms with Crippen molar-refractivity contribution >= 4 is 5.82 Å². The van der Waals surface area contributed by atoms with Gasteiger partial charge in [0.15, 0.2) is 0 Å². The smallest absolute Gasteiger partial charge is 0.130 e. The van der Waals surface area contributed by atoms with Gasteiger partial charge in [0.2, 0.25) is 0 Å². The maximum Gasteiger partial charge on any atom is 0.130 e. The fourth-order valence-electron chi connectivity index (χ4n) is 1.76. The molecule has 0 bridgehead atoms. The molecule has 1 N–H and O–H groups in total. The third kappa shape index (κ3) is 2.77. The molecule has 0 radical (unpaired) electrons. The number of aryl methyl sites for hydroxylation is 1. The average molecular weight is 243 g/mol. The van der Waals surface area contributed by atoms with Crippen molar-refractivity contribution in [2.45, 2.75) is 13.8 Å². The number of hydrogen-bond acceptors (Lipinski definition) is 4. The molecule has 1 aromatic carbocycles. The van der Waals surface area contributed by atoms with Crippen molar-refractivity contribution in [3.05, 3.63) is 36.2 Å². The Balaban J connectivity index is 2.41. The van der Waals surface area contributed by atoms with E-state index in [1.54, 1.807) is 0 Å². The summed E-state index contributed by atoms with van der Waals surface area (Å²) in [6, 6.07) is 9.85. The maximum absolute atomic E-state index is 5.50. The van der Waals surface area contributed by atoms with Crippen molar-refractivity contribution in [3.63, 3.8) is 0 Å². The summed E-state index contributed by atoms with van der Waals surface area (Å²) in [5, 5.41) is 3.04. The monoisotopic (exact) mass is 243 g/mol. The highest BCUT2D eigenvalue weighted by Crippen LogP contribution is 2.23. The van der Waals surface area contributed by atoms with Crippen LogP contribution in [-0.2, 0) is 0 Å². The Kier molecular flexibility index (Phi) is 3.77. The van der Waals surface area contributed by atoms with Crippen molar-refractivity contribution < 1.29 is 4.74 Å². The molecule has 4 nitrogen and oxygen atoms in total.